The first kappa shape index (κ1) is 6.60. The zero-order valence-corrected chi connectivity index (χ0v) is 5.96. The van der Waals surface area contributed by atoms with Crippen molar-refractivity contribution in [2.45, 2.75) is 18.9 Å². The number of hydrogen-bond acceptors (Lipinski definition) is 4. The first-order valence-corrected chi connectivity index (χ1v) is 3.65. The third kappa shape index (κ3) is 1.19. The number of rotatable bonds is 1. The van der Waals surface area contributed by atoms with Gasteiger partial charge in [-0.25, -0.2) is 4.79 Å². The van der Waals surface area contributed by atoms with Crippen LogP contribution in [0.2, 0.25) is 0 Å². The van der Waals surface area contributed by atoms with E-state index in [4.69, 9.17) is 4.52 Å². The van der Waals surface area contributed by atoms with Crippen molar-refractivity contribution in [3.05, 3.63) is 16.4 Å². The van der Waals surface area contributed by atoms with Crippen molar-refractivity contribution in [3.8, 4) is 0 Å². The first-order chi connectivity index (χ1) is 5.36. The van der Waals surface area contributed by atoms with E-state index >= 15 is 0 Å². The third-order valence-electron chi connectivity index (χ3n) is 1.81. The molecule has 1 aromatic rings. The Morgan fingerprint density at radius 1 is 1.64 bits per heavy atom. The molecule has 0 aromatic carbocycles. The van der Waals surface area contributed by atoms with Crippen molar-refractivity contribution in [2.24, 2.45) is 0 Å². The molecule has 0 bridgehead atoms. The second-order valence-electron chi connectivity index (χ2n) is 2.61. The van der Waals surface area contributed by atoms with Crippen LogP contribution in [0, 0.1) is 0 Å². The highest BCUT2D eigenvalue weighted by Crippen LogP contribution is 2.19. The van der Waals surface area contributed by atoms with Gasteiger partial charge in [-0.15, -0.1) is 0 Å². The van der Waals surface area contributed by atoms with Gasteiger partial charge in [-0.3, -0.25) is 0 Å². The molecule has 1 fully saturated rings. The number of nitrogens with one attached hydrogen (secondary N) is 2. The summed E-state index contributed by atoms with van der Waals surface area (Å²) in [6.45, 7) is 0.973. The van der Waals surface area contributed by atoms with Gasteiger partial charge in [0.2, 0.25) is 5.89 Å². The van der Waals surface area contributed by atoms with Crippen molar-refractivity contribution in [2.75, 3.05) is 6.54 Å². The summed E-state index contributed by atoms with van der Waals surface area (Å²) in [5.41, 5.74) is -0.409. The number of nitrogens with zero attached hydrogens (tertiary/aromatic N) is 1. The SMILES string of the molecule is O=c1nc(C2CCCN2)o[nH]1. The van der Waals surface area contributed by atoms with Crippen molar-refractivity contribution < 1.29 is 4.52 Å². The van der Waals surface area contributed by atoms with Crippen LogP contribution in [0.25, 0.3) is 0 Å². The normalized spacial score (nSPS) is 24.2. The van der Waals surface area contributed by atoms with Crippen LogP contribution in [-0.2, 0) is 0 Å². The predicted octanol–water partition coefficient (Wildman–Crippen LogP) is -0.213. The number of hydrogen-bond donors (Lipinski definition) is 2. The van der Waals surface area contributed by atoms with Gasteiger partial charge in [-0.1, -0.05) is 0 Å². The van der Waals surface area contributed by atoms with Gasteiger partial charge in [-0.05, 0) is 19.4 Å². The molecule has 0 saturated carbocycles. The van der Waals surface area contributed by atoms with E-state index in [2.05, 4.69) is 15.5 Å². The van der Waals surface area contributed by atoms with E-state index in [-0.39, 0.29) is 6.04 Å². The third-order valence-corrected chi connectivity index (χ3v) is 1.81. The molecule has 1 aromatic heterocycles. The highest BCUT2D eigenvalue weighted by Gasteiger charge is 2.20. The lowest BCUT2D eigenvalue weighted by atomic mass is 10.2. The predicted molar refractivity (Wildman–Crippen MR) is 37.1 cm³/mol. The largest absolute Gasteiger partial charge is 0.377 e. The molecule has 60 valence electrons. The van der Waals surface area contributed by atoms with Crippen LogP contribution in [-0.4, -0.2) is 16.7 Å². The quantitative estimate of drug-likeness (QED) is 0.588. The highest BCUT2D eigenvalue weighted by atomic mass is 16.5. The molecular formula is C6H9N3O2. The molecule has 0 radical (unpaired) electrons. The van der Waals surface area contributed by atoms with Gasteiger partial charge in [0, 0.05) is 0 Å². The van der Waals surface area contributed by atoms with Crippen LogP contribution < -0.4 is 11.0 Å². The molecule has 5 nitrogen and oxygen atoms in total. The van der Waals surface area contributed by atoms with Crippen LogP contribution in [0.4, 0.5) is 0 Å². The fourth-order valence-electron chi connectivity index (χ4n) is 1.29. The Hall–Kier alpha value is -1.10. The molecule has 2 N–H and O–H groups in total. The molecule has 2 heterocycles. The molecule has 1 unspecified atom stereocenters. The molecule has 0 aliphatic carbocycles. The van der Waals surface area contributed by atoms with Crippen LogP contribution in [0.1, 0.15) is 24.8 Å². The molecule has 0 spiro atoms. The minimum absolute atomic E-state index is 0.133. The van der Waals surface area contributed by atoms with Gasteiger partial charge in [0.1, 0.15) is 0 Å². The first-order valence-electron chi connectivity index (χ1n) is 3.65. The van der Waals surface area contributed by atoms with Gasteiger partial charge in [0.05, 0.1) is 6.04 Å². The fourth-order valence-corrected chi connectivity index (χ4v) is 1.29. The van der Waals surface area contributed by atoms with E-state index in [9.17, 15) is 4.79 Å². The van der Waals surface area contributed by atoms with Gasteiger partial charge < -0.3 is 9.84 Å². The Labute approximate surface area is 62.8 Å². The maximum atomic E-state index is 10.6. The molecule has 11 heavy (non-hydrogen) atoms. The summed E-state index contributed by atoms with van der Waals surface area (Å²) in [5.74, 6) is 0.479. The Bertz CT molecular complexity index is 284. The summed E-state index contributed by atoms with van der Waals surface area (Å²) in [6.07, 6.45) is 2.11. The highest BCUT2D eigenvalue weighted by molar-refractivity contribution is 4.90. The summed E-state index contributed by atoms with van der Waals surface area (Å²) < 4.78 is 4.84. The Morgan fingerprint density at radius 3 is 3.09 bits per heavy atom. The zero-order valence-electron chi connectivity index (χ0n) is 5.96. The smallest absolute Gasteiger partial charge is 0.360 e. The summed E-state index contributed by atoms with van der Waals surface area (Å²) in [4.78, 5) is 14.2. The van der Waals surface area contributed by atoms with E-state index in [1.54, 1.807) is 0 Å². The molecule has 0 amide bonds. The lowest BCUT2D eigenvalue weighted by molar-refractivity contribution is 0.341. The van der Waals surface area contributed by atoms with Crippen LogP contribution in [0.5, 0.6) is 0 Å². The van der Waals surface area contributed by atoms with Crippen molar-refractivity contribution in [3.63, 3.8) is 0 Å². The van der Waals surface area contributed by atoms with Crippen LogP contribution >= 0.6 is 0 Å². The summed E-state index contributed by atoms with van der Waals surface area (Å²) in [5, 5.41) is 5.33. The Morgan fingerprint density at radius 2 is 2.55 bits per heavy atom. The molecule has 1 aliphatic heterocycles. The standard InChI is InChI=1S/C6H9N3O2/c10-6-8-5(11-9-6)4-2-1-3-7-4/h4,7H,1-3H2,(H,9,10). The maximum absolute atomic E-state index is 10.6. The molecule has 1 aliphatic rings. The van der Waals surface area contributed by atoms with Crippen LogP contribution in [0.3, 0.4) is 0 Å². The molecule has 2 rings (SSSR count). The minimum Gasteiger partial charge on any atom is -0.360 e. The van der Waals surface area contributed by atoms with Crippen molar-refractivity contribution in [1.29, 1.82) is 0 Å². The molecule has 1 saturated heterocycles. The fraction of sp³-hybridized carbons (Fsp3) is 0.667. The lowest BCUT2D eigenvalue weighted by Crippen LogP contribution is -2.14. The van der Waals surface area contributed by atoms with Crippen molar-refractivity contribution in [1.82, 2.24) is 15.5 Å². The van der Waals surface area contributed by atoms with Gasteiger partial charge in [0.15, 0.2) is 0 Å². The summed E-state index contributed by atoms with van der Waals surface area (Å²) >= 11 is 0. The summed E-state index contributed by atoms with van der Waals surface area (Å²) in [7, 11) is 0. The second-order valence-corrected chi connectivity index (χ2v) is 2.61. The average molecular weight is 155 g/mol. The van der Waals surface area contributed by atoms with E-state index < -0.39 is 5.69 Å². The average Bonchev–Trinajstić information content (AvgIpc) is 2.55. The number of H-pyrrole nitrogens is 1. The van der Waals surface area contributed by atoms with Gasteiger partial charge >= 0.3 is 5.69 Å². The number of aromatic nitrogens is 2. The number of aromatic amines is 1. The monoisotopic (exact) mass is 155 g/mol. The van der Waals surface area contributed by atoms with E-state index in [0.29, 0.717) is 5.89 Å². The summed E-state index contributed by atoms with van der Waals surface area (Å²) in [6, 6.07) is 0.133. The van der Waals surface area contributed by atoms with Crippen molar-refractivity contribution >= 4 is 0 Å². The van der Waals surface area contributed by atoms with Crippen LogP contribution in [0.15, 0.2) is 9.32 Å². The van der Waals surface area contributed by atoms with E-state index in [0.717, 1.165) is 19.4 Å². The van der Waals surface area contributed by atoms with E-state index in [1.807, 2.05) is 0 Å². The Balaban J connectivity index is 2.21. The van der Waals surface area contributed by atoms with E-state index in [1.165, 1.54) is 0 Å². The molecule has 5 heteroatoms. The minimum atomic E-state index is -0.409. The Kier molecular flexibility index (Phi) is 1.50. The zero-order chi connectivity index (χ0) is 7.68. The van der Waals surface area contributed by atoms with Gasteiger partial charge in [-0.2, -0.15) is 10.1 Å². The lowest BCUT2D eigenvalue weighted by Gasteiger charge is -2.00. The molecule has 1 atom stereocenters. The molecular weight excluding hydrogens is 146 g/mol. The second kappa shape index (κ2) is 2.50. The van der Waals surface area contributed by atoms with Gasteiger partial charge in [0.25, 0.3) is 0 Å². The maximum Gasteiger partial charge on any atom is 0.377 e. The topological polar surface area (TPSA) is 70.9 Å².